The molecule has 0 fully saturated rings. The van der Waals surface area contributed by atoms with Gasteiger partial charge in [0, 0.05) is 6.42 Å². The molecule has 2 nitrogen and oxygen atoms in total. The van der Waals surface area contributed by atoms with E-state index in [4.69, 9.17) is 4.74 Å². The molecule has 0 aromatic carbocycles. The lowest BCUT2D eigenvalue weighted by Crippen LogP contribution is -2.08. The topological polar surface area (TPSA) is 26.3 Å². The quantitative estimate of drug-likeness (QED) is 0.148. The van der Waals surface area contributed by atoms with Crippen molar-refractivity contribution in [2.24, 2.45) is 11.3 Å². The molecule has 0 rings (SSSR count). The third kappa shape index (κ3) is 22.0. The summed E-state index contributed by atoms with van der Waals surface area (Å²) < 4.78 is 5.49. The van der Waals surface area contributed by atoms with Crippen molar-refractivity contribution >= 4 is 5.97 Å². The fourth-order valence-corrected chi connectivity index (χ4v) is 4.06. The highest BCUT2D eigenvalue weighted by Crippen LogP contribution is 2.23. The minimum atomic E-state index is 0.0197. The number of carbonyl (C=O) groups excluding carboxylic acids is 1. The Kier molecular flexibility index (Phi) is 19.1. The highest BCUT2D eigenvalue weighted by atomic mass is 16.5. The van der Waals surface area contributed by atoms with Gasteiger partial charge < -0.3 is 4.74 Å². The molecule has 0 aromatic rings. The molecule has 0 saturated heterocycles. The second-order valence-corrected chi connectivity index (χ2v) is 10.4. The maximum atomic E-state index is 11.9. The van der Waals surface area contributed by atoms with E-state index in [2.05, 4.69) is 34.6 Å². The van der Waals surface area contributed by atoms with Crippen molar-refractivity contribution in [2.45, 2.75) is 150 Å². The van der Waals surface area contributed by atoms with Crippen molar-refractivity contribution in [3.63, 3.8) is 0 Å². The van der Waals surface area contributed by atoms with Gasteiger partial charge in [0.2, 0.25) is 0 Å². The molecular weight excluding hydrogens is 356 g/mol. The first-order valence-corrected chi connectivity index (χ1v) is 13.0. The molecule has 0 unspecified atom stereocenters. The Labute approximate surface area is 184 Å². The highest BCUT2D eigenvalue weighted by Gasteiger charge is 2.10. The van der Waals surface area contributed by atoms with E-state index in [0.717, 1.165) is 18.8 Å². The largest absolute Gasteiger partial charge is 0.466 e. The fourth-order valence-electron chi connectivity index (χ4n) is 4.06. The lowest BCUT2D eigenvalue weighted by molar-refractivity contribution is -0.144. The van der Waals surface area contributed by atoms with Crippen molar-refractivity contribution in [1.29, 1.82) is 0 Å². The number of hydrogen-bond donors (Lipinski definition) is 0. The van der Waals surface area contributed by atoms with Gasteiger partial charge >= 0.3 is 5.97 Å². The summed E-state index contributed by atoms with van der Waals surface area (Å²) >= 11 is 0. The van der Waals surface area contributed by atoms with Crippen LogP contribution in [0.1, 0.15) is 150 Å². The van der Waals surface area contributed by atoms with Gasteiger partial charge in [0.15, 0.2) is 0 Å². The maximum Gasteiger partial charge on any atom is 0.305 e. The minimum Gasteiger partial charge on any atom is -0.466 e. The molecule has 0 saturated carbocycles. The van der Waals surface area contributed by atoms with Crippen LogP contribution in [-0.4, -0.2) is 12.6 Å². The zero-order chi connectivity index (χ0) is 21.8. The molecule has 0 amide bonds. The number of hydrogen-bond acceptors (Lipinski definition) is 2. The normalized spacial score (nSPS) is 11.9. The van der Waals surface area contributed by atoms with Gasteiger partial charge in [0.05, 0.1) is 6.61 Å². The SMILES string of the molecule is CCCCCC(CCCCC)CCCOC(=O)CCCCCCCCC(C)(C)C. The van der Waals surface area contributed by atoms with Crippen LogP contribution in [0, 0.1) is 11.3 Å². The molecule has 29 heavy (non-hydrogen) atoms. The first-order valence-electron chi connectivity index (χ1n) is 13.0. The third-order valence-corrected chi connectivity index (χ3v) is 6.01. The summed E-state index contributed by atoms with van der Waals surface area (Å²) in [5.41, 5.74) is 0.467. The van der Waals surface area contributed by atoms with Crippen LogP contribution in [0.5, 0.6) is 0 Å². The number of ether oxygens (including phenoxy) is 1. The van der Waals surface area contributed by atoms with Gasteiger partial charge in [-0.2, -0.15) is 0 Å². The van der Waals surface area contributed by atoms with E-state index in [0.29, 0.717) is 18.4 Å². The van der Waals surface area contributed by atoms with Crippen LogP contribution in [0.4, 0.5) is 0 Å². The van der Waals surface area contributed by atoms with E-state index in [-0.39, 0.29) is 5.97 Å². The first kappa shape index (κ1) is 28.5. The molecule has 0 spiro atoms. The smallest absolute Gasteiger partial charge is 0.305 e. The first-order chi connectivity index (χ1) is 13.9. The highest BCUT2D eigenvalue weighted by molar-refractivity contribution is 5.69. The third-order valence-electron chi connectivity index (χ3n) is 6.01. The fraction of sp³-hybridized carbons (Fsp3) is 0.963. The number of unbranched alkanes of at least 4 members (excludes halogenated alkanes) is 9. The van der Waals surface area contributed by atoms with E-state index in [1.165, 1.54) is 96.3 Å². The molecule has 0 aliphatic heterocycles. The van der Waals surface area contributed by atoms with Gasteiger partial charge in [-0.15, -0.1) is 0 Å². The van der Waals surface area contributed by atoms with Gasteiger partial charge in [-0.1, -0.05) is 118 Å². The van der Waals surface area contributed by atoms with Crippen LogP contribution in [0.25, 0.3) is 0 Å². The lowest BCUT2D eigenvalue weighted by Gasteiger charge is -2.17. The lowest BCUT2D eigenvalue weighted by atomic mass is 9.89. The number of carbonyl (C=O) groups is 1. The van der Waals surface area contributed by atoms with Gasteiger partial charge in [-0.3, -0.25) is 4.79 Å². The molecule has 174 valence electrons. The Morgan fingerprint density at radius 3 is 1.76 bits per heavy atom. The molecule has 0 aromatic heterocycles. The van der Waals surface area contributed by atoms with Crippen LogP contribution < -0.4 is 0 Å². The van der Waals surface area contributed by atoms with Crippen LogP contribution >= 0.6 is 0 Å². The van der Waals surface area contributed by atoms with Crippen LogP contribution in [0.3, 0.4) is 0 Å². The second-order valence-electron chi connectivity index (χ2n) is 10.4. The molecule has 0 N–H and O–H groups in total. The molecule has 0 heterocycles. The average molecular weight is 411 g/mol. The van der Waals surface area contributed by atoms with Crippen molar-refractivity contribution in [3.8, 4) is 0 Å². The van der Waals surface area contributed by atoms with E-state index < -0.39 is 0 Å². The number of rotatable bonds is 20. The van der Waals surface area contributed by atoms with Gasteiger partial charge in [0.25, 0.3) is 0 Å². The summed E-state index contributed by atoms with van der Waals surface area (Å²) in [6, 6.07) is 0. The Bertz CT molecular complexity index is 346. The number of esters is 1. The molecule has 0 aliphatic carbocycles. The van der Waals surface area contributed by atoms with Crippen molar-refractivity contribution in [1.82, 2.24) is 0 Å². The summed E-state index contributed by atoms with van der Waals surface area (Å²) in [5.74, 6) is 0.858. The van der Waals surface area contributed by atoms with E-state index in [1.807, 2.05) is 0 Å². The van der Waals surface area contributed by atoms with Gasteiger partial charge in [0.1, 0.15) is 0 Å². The van der Waals surface area contributed by atoms with Gasteiger partial charge in [-0.25, -0.2) is 0 Å². The van der Waals surface area contributed by atoms with Crippen LogP contribution in [0.15, 0.2) is 0 Å². The Morgan fingerprint density at radius 2 is 1.21 bits per heavy atom. The molecule has 0 atom stereocenters. The molecule has 0 radical (unpaired) electrons. The Balaban J connectivity index is 3.63. The monoisotopic (exact) mass is 410 g/mol. The summed E-state index contributed by atoms with van der Waals surface area (Å²) in [4.78, 5) is 11.9. The molecule has 0 aliphatic rings. The zero-order valence-corrected chi connectivity index (χ0v) is 20.8. The molecule has 2 heteroatoms. The van der Waals surface area contributed by atoms with Crippen molar-refractivity contribution in [2.75, 3.05) is 6.61 Å². The van der Waals surface area contributed by atoms with Crippen LogP contribution in [-0.2, 0) is 9.53 Å². The van der Waals surface area contributed by atoms with E-state index >= 15 is 0 Å². The zero-order valence-electron chi connectivity index (χ0n) is 20.8. The maximum absolute atomic E-state index is 11.9. The molecule has 0 bridgehead atoms. The van der Waals surface area contributed by atoms with E-state index in [1.54, 1.807) is 0 Å². The summed E-state index contributed by atoms with van der Waals surface area (Å²) in [5, 5.41) is 0. The summed E-state index contributed by atoms with van der Waals surface area (Å²) in [6.45, 7) is 12.1. The summed E-state index contributed by atoms with van der Waals surface area (Å²) in [6.07, 6.45) is 22.4. The standard InChI is InChI=1S/C27H54O2/c1-6-8-14-19-25(20-15-9-7-2)21-18-24-29-26(28)22-16-12-10-11-13-17-23-27(3,4)5/h25H,6-24H2,1-5H3. The van der Waals surface area contributed by atoms with Crippen molar-refractivity contribution in [3.05, 3.63) is 0 Å². The second kappa shape index (κ2) is 19.4. The Morgan fingerprint density at radius 1 is 0.690 bits per heavy atom. The average Bonchev–Trinajstić information content (AvgIpc) is 2.66. The van der Waals surface area contributed by atoms with Gasteiger partial charge in [-0.05, 0) is 37.0 Å². The minimum absolute atomic E-state index is 0.0197. The predicted octanol–water partition coefficient (Wildman–Crippen LogP) is 9.25. The summed E-state index contributed by atoms with van der Waals surface area (Å²) in [7, 11) is 0. The Hall–Kier alpha value is -0.530. The predicted molar refractivity (Wildman–Crippen MR) is 128 cm³/mol. The van der Waals surface area contributed by atoms with E-state index in [9.17, 15) is 4.79 Å². The van der Waals surface area contributed by atoms with Crippen LogP contribution in [0.2, 0.25) is 0 Å². The molecular formula is C27H54O2. The van der Waals surface area contributed by atoms with Crippen molar-refractivity contribution < 1.29 is 9.53 Å².